The van der Waals surface area contributed by atoms with Crippen molar-refractivity contribution in [2.24, 2.45) is 0 Å². The molecule has 0 saturated carbocycles. The first-order valence-corrected chi connectivity index (χ1v) is 6.22. The highest BCUT2D eigenvalue weighted by Gasteiger charge is 2.08. The molecule has 2 rings (SSSR count). The molecule has 2 heterocycles. The van der Waals surface area contributed by atoms with Crippen LogP contribution in [0.4, 0.5) is 8.78 Å². The van der Waals surface area contributed by atoms with Gasteiger partial charge in [0.25, 0.3) is 0 Å². The molecule has 0 aromatic carbocycles. The van der Waals surface area contributed by atoms with Crippen molar-refractivity contribution in [3.8, 4) is 0 Å². The van der Waals surface area contributed by atoms with Gasteiger partial charge in [-0.15, -0.1) is 12.4 Å². The van der Waals surface area contributed by atoms with Crippen LogP contribution in [0.15, 0.2) is 18.6 Å². The topological polar surface area (TPSA) is 47.7 Å². The molecule has 0 saturated heterocycles. The van der Waals surface area contributed by atoms with Crippen LogP contribution >= 0.6 is 12.4 Å². The maximum Gasteiger partial charge on any atom is 0.215 e. The van der Waals surface area contributed by atoms with Crippen molar-refractivity contribution in [2.75, 3.05) is 6.67 Å². The van der Waals surface area contributed by atoms with Gasteiger partial charge in [-0.05, 0) is 6.92 Å². The van der Waals surface area contributed by atoms with Crippen molar-refractivity contribution in [3.05, 3.63) is 35.7 Å². The van der Waals surface area contributed by atoms with E-state index < -0.39 is 6.67 Å². The van der Waals surface area contributed by atoms with Gasteiger partial charge in [-0.25, -0.2) is 9.07 Å². The van der Waals surface area contributed by atoms with E-state index in [9.17, 15) is 8.78 Å². The van der Waals surface area contributed by atoms with E-state index in [0.717, 1.165) is 5.56 Å². The lowest BCUT2D eigenvalue weighted by Crippen LogP contribution is -2.13. The maximum absolute atomic E-state index is 13.7. The van der Waals surface area contributed by atoms with Gasteiger partial charge in [0.2, 0.25) is 5.95 Å². The number of aryl methyl sites for hydroxylation is 2. The zero-order valence-electron chi connectivity index (χ0n) is 11.2. The van der Waals surface area contributed by atoms with Crippen molar-refractivity contribution in [3.63, 3.8) is 0 Å². The van der Waals surface area contributed by atoms with Crippen LogP contribution in [0.2, 0.25) is 0 Å². The average Bonchev–Trinajstić information content (AvgIpc) is 2.98. The number of alkyl halides is 1. The number of hydrogen-bond acceptors (Lipinski definition) is 3. The minimum absolute atomic E-state index is 0. The molecule has 0 aliphatic rings. The van der Waals surface area contributed by atoms with Gasteiger partial charge in [0.05, 0.1) is 18.9 Å². The zero-order valence-corrected chi connectivity index (χ0v) is 12.0. The Labute approximate surface area is 122 Å². The minimum Gasteiger partial charge on any atom is -0.308 e. The van der Waals surface area contributed by atoms with E-state index in [1.54, 1.807) is 17.1 Å². The summed E-state index contributed by atoms with van der Waals surface area (Å²) in [5.41, 5.74) is 1.48. The summed E-state index contributed by atoms with van der Waals surface area (Å²) >= 11 is 0. The van der Waals surface area contributed by atoms with Crippen LogP contribution in [0.25, 0.3) is 0 Å². The van der Waals surface area contributed by atoms with Gasteiger partial charge in [0.15, 0.2) is 0 Å². The highest BCUT2D eigenvalue weighted by molar-refractivity contribution is 5.85. The first-order chi connectivity index (χ1) is 9.24. The van der Waals surface area contributed by atoms with Gasteiger partial charge >= 0.3 is 0 Å². The van der Waals surface area contributed by atoms with E-state index >= 15 is 0 Å². The normalized spacial score (nSPS) is 10.6. The van der Waals surface area contributed by atoms with Gasteiger partial charge in [0.1, 0.15) is 6.67 Å². The molecule has 0 spiro atoms. The van der Waals surface area contributed by atoms with Gasteiger partial charge < -0.3 is 5.32 Å². The van der Waals surface area contributed by atoms with Gasteiger partial charge in [0, 0.05) is 37.0 Å². The SMILES string of the molecule is CCn1ncc(CNCc2cnn(CCF)c2)c1F.Cl. The highest BCUT2D eigenvalue weighted by Crippen LogP contribution is 2.06. The number of hydrogen-bond donors (Lipinski definition) is 1. The quantitative estimate of drug-likeness (QED) is 0.850. The molecule has 0 unspecified atom stereocenters. The van der Waals surface area contributed by atoms with Crippen LogP contribution in [-0.4, -0.2) is 26.2 Å². The minimum atomic E-state index is -0.435. The molecule has 112 valence electrons. The Balaban J connectivity index is 0.00000200. The molecule has 2 aromatic heterocycles. The lowest BCUT2D eigenvalue weighted by atomic mass is 10.3. The van der Waals surface area contributed by atoms with Crippen molar-refractivity contribution < 1.29 is 8.78 Å². The maximum atomic E-state index is 13.7. The Bertz CT molecular complexity index is 526. The highest BCUT2D eigenvalue weighted by atomic mass is 35.5. The van der Waals surface area contributed by atoms with Crippen LogP contribution in [0.1, 0.15) is 18.1 Å². The Morgan fingerprint density at radius 3 is 2.70 bits per heavy atom. The predicted molar refractivity (Wildman–Crippen MR) is 73.9 cm³/mol. The second-order valence-electron chi connectivity index (χ2n) is 4.18. The van der Waals surface area contributed by atoms with Crippen molar-refractivity contribution >= 4 is 12.4 Å². The molecule has 5 nitrogen and oxygen atoms in total. The summed E-state index contributed by atoms with van der Waals surface area (Å²) in [5.74, 6) is -0.303. The number of nitrogens with zero attached hydrogens (tertiary/aromatic N) is 4. The summed E-state index contributed by atoms with van der Waals surface area (Å²) in [7, 11) is 0. The van der Waals surface area contributed by atoms with Crippen LogP contribution in [0.3, 0.4) is 0 Å². The molecule has 20 heavy (non-hydrogen) atoms. The van der Waals surface area contributed by atoms with E-state index in [-0.39, 0.29) is 24.9 Å². The largest absolute Gasteiger partial charge is 0.308 e. The Morgan fingerprint density at radius 1 is 1.25 bits per heavy atom. The summed E-state index contributed by atoms with van der Waals surface area (Å²) in [6.45, 7) is 3.14. The second-order valence-corrected chi connectivity index (χ2v) is 4.18. The number of nitrogens with one attached hydrogen (secondary N) is 1. The fourth-order valence-electron chi connectivity index (χ4n) is 1.80. The molecule has 0 fully saturated rings. The predicted octanol–water partition coefficient (Wildman–Crippen LogP) is 1.92. The van der Waals surface area contributed by atoms with Gasteiger partial charge in [-0.3, -0.25) is 4.68 Å². The van der Waals surface area contributed by atoms with Crippen molar-refractivity contribution in [1.29, 1.82) is 0 Å². The van der Waals surface area contributed by atoms with Crippen molar-refractivity contribution in [2.45, 2.75) is 33.1 Å². The molecule has 8 heteroatoms. The Morgan fingerprint density at radius 2 is 2.05 bits per heavy atom. The first kappa shape index (κ1) is 16.6. The molecular weight excluding hydrogens is 288 g/mol. The monoisotopic (exact) mass is 305 g/mol. The van der Waals surface area contributed by atoms with Crippen molar-refractivity contribution in [1.82, 2.24) is 24.9 Å². The molecule has 1 N–H and O–H groups in total. The molecule has 2 aromatic rings. The van der Waals surface area contributed by atoms with E-state index in [0.29, 0.717) is 25.2 Å². The third-order valence-corrected chi connectivity index (χ3v) is 2.79. The lowest BCUT2D eigenvalue weighted by Gasteiger charge is -2.01. The van der Waals surface area contributed by atoms with Crippen LogP contribution < -0.4 is 5.32 Å². The fraction of sp³-hybridized carbons (Fsp3) is 0.500. The first-order valence-electron chi connectivity index (χ1n) is 6.22. The molecule has 0 atom stereocenters. The fourth-order valence-corrected chi connectivity index (χ4v) is 1.80. The number of halogens is 3. The lowest BCUT2D eigenvalue weighted by molar-refractivity contribution is 0.427. The Hall–Kier alpha value is -1.47. The molecule has 0 aliphatic heterocycles. The van der Waals surface area contributed by atoms with Crippen LogP contribution in [0, 0.1) is 5.95 Å². The molecule has 0 radical (unpaired) electrons. The zero-order chi connectivity index (χ0) is 13.7. The average molecular weight is 306 g/mol. The third kappa shape index (κ3) is 4.01. The standard InChI is InChI=1S/C12H17F2N5.ClH/c1-2-19-12(14)11(8-17-19)7-15-5-10-6-16-18(9-10)4-3-13;/h6,8-9,15H,2-5,7H2,1H3;1H. The summed E-state index contributed by atoms with van der Waals surface area (Å²) in [4.78, 5) is 0. The molecule has 0 aliphatic carbocycles. The van der Waals surface area contributed by atoms with E-state index in [4.69, 9.17) is 0 Å². The van der Waals surface area contributed by atoms with Crippen LogP contribution in [-0.2, 0) is 26.2 Å². The van der Waals surface area contributed by atoms with E-state index in [2.05, 4.69) is 15.5 Å². The summed E-state index contributed by atoms with van der Waals surface area (Å²) in [6, 6.07) is 0. The third-order valence-electron chi connectivity index (χ3n) is 2.79. The second kappa shape index (κ2) is 7.96. The van der Waals surface area contributed by atoms with E-state index in [1.165, 1.54) is 10.9 Å². The van der Waals surface area contributed by atoms with E-state index in [1.807, 2.05) is 6.92 Å². The molecule has 0 amide bonds. The molecular formula is C12H18ClF2N5. The van der Waals surface area contributed by atoms with Crippen LogP contribution in [0.5, 0.6) is 0 Å². The summed E-state index contributed by atoms with van der Waals surface area (Å²) in [5, 5.41) is 11.1. The summed E-state index contributed by atoms with van der Waals surface area (Å²) < 4.78 is 28.6. The Kier molecular flexibility index (Phi) is 6.60. The number of aromatic nitrogens is 4. The number of rotatable bonds is 7. The smallest absolute Gasteiger partial charge is 0.215 e. The van der Waals surface area contributed by atoms with Gasteiger partial charge in [-0.1, -0.05) is 0 Å². The molecule has 0 bridgehead atoms. The summed E-state index contributed by atoms with van der Waals surface area (Å²) in [6.07, 6.45) is 4.98. The van der Waals surface area contributed by atoms with Gasteiger partial charge in [-0.2, -0.15) is 14.6 Å².